The van der Waals surface area contributed by atoms with E-state index in [1.165, 1.54) is 0 Å². The number of nitrogens with one attached hydrogen (secondary N) is 1. The first-order chi connectivity index (χ1) is 11.6. The van der Waals surface area contributed by atoms with Gasteiger partial charge in [-0.05, 0) is 23.7 Å². The topological polar surface area (TPSA) is 78.9 Å². The minimum atomic E-state index is -0.783. The van der Waals surface area contributed by atoms with Gasteiger partial charge in [0, 0.05) is 37.4 Å². The van der Waals surface area contributed by atoms with E-state index in [1.54, 1.807) is 0 Å². The van der Waals surface area contributed by atoms with Crippen molar-refractivity contribution in [2.24, 2.45) is 28.6 Å². The Hall–Kier alpha value is -1.14. The zero-order valence-electron chi connectivity index (χ0n) is 15.7. The van der Waals surface area contributed by atoms with Crippen LogP contribution in [0.25, 0.3) is 0 Å². The number of amides is 1. The SMILES string of the molecule is CC1(C)C(C(=O)NC[C@H]2[C@H]3CN(CC(=O)O)C[C@]34CC[C@H]2O4)C1(C)C. The van der Waals surface area contributed by atoms with Crippen LogP contribution in [0.2, 0.25) is 0 Å². The fourth-order valence-corrected chi connectivity index (χ4v) is 6.04. The number of aliphatic carboxylic acids is 1. The lowest BCUT2D eigenvalue weighted by Crippen LogP contribution is -2.42. The molecule has 4 atom stereocenters. The van der Waals surface area contributed by atoms with Crippen LogP contribution in [0.5, 0.6) is 0 Å². The van der Waals surface area contributed by atoms with Crippen LogP contribution in [-0.4, -0.2) is 59.8 Å². The van der Waals surface area contributed by atoms with Crippen molar-refractivity contribution in [3.05, 3.63) is 0 Å². The number of nitrogens with zero attached hydrogens (tertiary/aromatic N) is 1. The summed E-state index contributed by atoms with van der Waals surface area (Å²) in [7, 11) is 0. The molecule has 4 aliphatic rings. The molecule has 0 aromatic heterocycles. The summed E-state index contributed by atoms with van der Waals surface area (Å²) in [6, 6.07) is 0. The molecule has 2 N–H and O–H groups in total. The van der Waals surface area contributed by atoms with Crippen molar-refractivity contribution >= 4 is 11.9 Å². The number of carboxylic acid groups (broad SMARTS) is 1. The van der Waals surface area contributed by atoms with Gasteiger partial charge in [-0.15, -0.1) is 0 Å². The smallest absolute Gasteiger partial charge is 0.317 e. The second kappa shape index (κ2) is 5.19. The van der Waals surface area contributed by atoms with Gasteiger partial charge in [0.1, 0.15) is 0 Å². The van der Waals surface area contributed by atoms with E-state index in [2.05, 4.69) is 33.0 Å². The van der Waals surface area contributed by atoms with Gasteiger partial charge in [0.25, 0.3) is 0 Å². The molecule has 4 fully saturated rings. The minimum absolute atomic E-state index is 0.0507. The first-order valence-electron chi connectivity index (χ1n) is 9.48. The van der Waals surface area contributed by atoms with Crippen molar-refractivity contribution in [1.29, 1.82) is 0 Å². The van der Waals surface area contributed by atoms with E-state index in [4.69, 9.17) is 9.84 Å². The molecule has 6 heteroatoms. The molecule has 1 saturated carbocycles. The molecule has 140 valence electrons. The first-order valence-corrected chi connectivity index (χ1v) is 9.48. The average Bonchev–Trinajstić information content (AvgIpc) is 2.93. The Morgan fingerprint density at radius 1 is 1.24 bits per heavy atom. The zero-order valence-corrected chi connectivity index (χ0v) is 15.7. The number of carboxylic acids is 1. The maximum Gasteiger partial charge on any atom is 0.317 e. The van der Waals surface area contributed by atoms with Crippen LogP contribution in [0.1, 0.15) is 40.5 Å². The number of rotatable bonds is 5. The van der Waals surface area contributed by atoms with E-state index in [9.17, 15) is 9.59 Å². The highest BCUT2D eigenvalue weighted by Gasteiger charge is 2.68. The number of fused-ring (bicyclic) bond motifs is 1. The normalized spacial score (nSPS) is 40.9. The van der Waals surface area contributed by atoms with Gasteiger partial charge in [-0.25, -0.2) is 0 Å². The van der Waals surface area contributed by atoms with Gasteiger partial charge in [0.05, 0.1) is 18.2 Å². The van der Waals surface area contributed by atoms with Crippen LogP contribution in [-0.2, 0) is 14.3 Å². The van der Waals surface area contributed by atoms with Gasteiger partial charge < -0.3 is 15.2 Å². The lowest BCUT2D eigenvalue weighted by atomic mass is 9.73. The van der Waals surface area contributed by atoms with Gasteiger partial charge in [0.15, 0.2) is 0 Å². The molecule has 0 radical (unpaired) electrons. The summed E-state index contributed by atoms with van der Waals surface area (Å²) >= 11 is 0. The Morgan fingerprint density at radius 3 is 2.52 bits per heavy atom. The highest BCUT2D eigenvalue weighted by Crippen LogP contribution is 2.68. The highest BCUT2D eigenvalue weighted by atomic mass is 16.5. The second-order valence-corrected chi connectivity index (χ2v) is 9.72. The molecule has 6 nitrogen and oxygen atoms in total. The molecule has 2 bridgehead atoms. The predicted molar refractivity (Wildman–Crippen MR) is 92.0 cm³/mol. The van der Waals surface area contributed by atoms with E-state index in [0.717, 1.165) is 19.4 Å². The molecule has 3 aliphatic heterocycles. The molecule has 1 amide bonds. The minimum Gasteiger partial charge on any atom is -0.480 e. The molecule has 3 saturated heterocycles. The zero-order chi connectivity index (χ0) is 18.2. The predicted octanol–water partition coefficient (Wildman–Crippen LogP) is 1.35. The molecule has 0 aromatic rings. The fourth-order valence-electron chi connectivity index (χ4n) is 6.04. The largest absolute Gasteiger partial charge is 0.480 e. The first kappa shape index (κ1) is 17.3. The number of hydrogen-bond acceptors (Lipinski definition) is 4. The van der Waals surface area contributed by atoms with E-state index in [-0.39, 0.29) is 40.9 Å². The summed E-state index contributed by atoms with van der Waals surface area (Å²) in [4.78, 5) is 25.7. The summed E-state index contributed by atoms with van der Waals surface area (Å²) in [6.07, 6.45) is 2.27. The number of carbonyl (C=O) groups is 2. The van der Waals surface area contributed by atoms with Crippen molar-refractivity contribution in [2.75, 3.05) is 26.2 Å². The molecule has 3 heterocycles. The third kappa shape index (κ3) is 2.36. The van der Waals surface area contributed by atoms with Crippen LogP contribution in [0, 0.1) is 28.6 Å². The Labute approximate surface area is 149 Å². The molecule has 25 heavy (non-hydrogen) atoms. The Bertz CT molecular complexity index is 603. The van der Waals surface area contributed by atoms with Gasteiger partial charge in [-0.3, -0.25) is 14.5 Å². The van der Waals surface area contributed by atoms with Gasteiger partial charge in [-0.2, -0.15) is 0 Å². The highest BCUT2D eigenvalue weighted by molar-refractivity contribution is 5.84. The Kier molecular flexibility index (Phi) is 3.59. The van der Waals surface area contributed by atoms with Crippen LogP contribution in [0.15, 0.2) is 0 Å². The van der Waals surface area contributed by atoms with Crippen LogP contribution < -0.4 is 5.32 Å². The van der Waals surface area contributed by atoms with E-state index < -0.39 is 5.97 Å². The van der Waals surface area contributed by atoms with E-state index in [0.29, 0.717) is 24.9 Å². The fraction of sp³-hybridized carbons (Fsp3) is 0.895. The number of ether oxygens (including phenoxy) is 1. The Morgan fingerprint density at radius 2 is 1.92 bits per heavy atom. The summed E-state index contributed by atoms with van der Waals surface area (Å²) < 4.78 is 6.31. The molecule has 0 aromatic carbocycles. The standard InChI is InChI=1S/C19H30N2O4/c1-17(2)15(18(17,3)4)16(24)20-7-11-12-8-21(9-14(22)23)10-19(12)6-5-13(11)25-19/h11-13,15H,5-10H2,1-4H3,(H,20,24)(H,22,23)/t11-,12+,13+,19+/m0/s1. The summed E-state index contributed by atoms with van der Waals surface area (Å²) in [5.41, 5.74) is -0.0715. The van der Waals surface area contributed by atoms with Crippen molar-refractivity contribution in [2.45, 2.75) is 52.2 Å². The summed E-state index contributed by atoms with van der Waals surface area (Å²) in [5, 5.41) is 12.3. The molecular weight excluding hydrogens is 320 g/mol. The van der Waals surface area contributed by atoms with Crippen molar-refractivity contribution < 1.29 is 19.4 Å². The molecule has 0 unspecified atom stereocenters. The summed E-state index contributed by atoms with van der Waals surface area (Å²) in [5.74, 6) is 0.0920. The molecular formula is C19H30N2O4. The van der Waals surface area contributed by atoms with Crippen molar-refractivity contribution in [1.82, 2.24) is 10.2 Å². The number of likely N-dealkylation sites (tertiary alicyclic amines) is 1. The third-order valence-electron chi connectivity index (χ3n) is 8.01. The number of carbonyl (C=O) groups excluding carboxylic acids is 1. The average molecular weight is 350 g/mol. The second-order valence-electron chi connectivity index (χ2n) is 9.72. The molecule has 4 rings (SSSR count). The van der Waals surface area contributed by atoms with E-state index in [1.807, 2.05) is 4.90 Å². The van der Waals surface area contributed by atoms with Crippen LogP contribution >= 0.6 is 0 Å². The maximum absolute atomic E-state index is 12.7. The third-order valence-corrected chi connectivity index (χ3v) is 8.01. The van der Waals surface area contributed by atoms with Crippen LogP contribution in [0.3, 0.4) is 0 Å². The maximum atomic E-state index is 12.7. The van der Waals surface area contributed by atoms with E-state index >= 15 is 0 Å². The van der Waals surface area contributed by atoms with Crippen molar-refractivity contribution in [3.8, 4) is 0 Å². The Balaban J connectivity index is 1.39. The van der Waals surface area contributed by atoms with Gasteiger partial charge in [-0.1, -0.05) is 27.7 Å². The molecule has 1 spiro atoms. The van der Waals surface area contributed by atoms with Gasteiger partial charge >= 0.3 is 5.97 Å². The van der Waals surface area contributed by atoms with Crippen molar-refractivity contribution in [3.63, 3.8) is 0 Å². The number of hydrogen-bond donors (Lipinski definition) is 2. The molecule has 1 aliphatic carbocycles. The lowest BCUT2D eigenvalue weighted by Gasteiger charge is -2.29. The lowest BCUT2D eigenvalue weighted by molar-refractivity contribution is -0.138. The van der Waals surface area contributed by atoms with Gasteiger partial charge in [0.2, 0.25) is 5.91 Å². The summed E-state index contributed by atoms with van der Waals surface area (Å²) in [6.45, 7) is 10.9. The quantitative estimate of drug-likeness (QED) is 0.782. The monoisotopic (exact) mass is 350 g/mol. The van der Waals surface area contributed by atoms with Crippen LogP contribution in [0.4, 0.5) is 0 Å².